The van der Waals surface area contributed by atoms with E-state index >= 15 is 0 Å². The van der Waals surface area contributed by atoms with Crippen molar-refractivity contribution in [2.24, 2.45) is 0 Å². The lowest BCUT2D eigenvalue weighted by Crippen LogP contribution is -2.20. The van der Waals surface area contributed by atoms with E-state index in [0.29, 0.717) is 6.04 Å². The lowest BCUT2D eigenvalue weighted by Gasteiger charge is -2.20. The number of hydrogen-bond donors (Lipinski definition) is 3. The van der Waals surface area contributed by atoms with E-state index in [-0.39, 0.29) is 5.84 Å². The van der Waals surface area contributed by atoms with Gasteiger partial charge in [-0.1, -0.05) is 27.6 Å². The van der Waals surface area contributed by atoms with Crippen molar-refractivity contribution in [1.82, 2.24) is 10.2 Å². The number of hydrogen-bond acceptors (Lipinski definition) is 3. The Labute approximate surface area is 97.4 Å². The van der Waals surface area contributed by atoms with Crippen molar-refractivity contribution in [1.29, 1.82) is 5.41 Å². The number of amidine groups is 1. The molecule has 1 aliphatic rings. The van der Waals surface area contributed by atoms with Crippen molar-refractivity contribution in [3.8, 4) is 0 Å². The van der Waals surface area contributed by atoms with Crippen LogP contribution in [0.2, 0.25) is 0 Å². The standard InChI is InChI=1S/C11H16N3OP/c1-14(16)10-6-5-7-8(10)3-2-4-9(7)11(12)13-15/h2-4,10,15H,5-6,16H2,1H3,(H2,12,13)/t10-/m0/s1. The molecular weight excluding hydrogens is 221 g/mol. The highest BCUT2D eigenvalue weighted by atomic mass is 31.0. The van der Waals surface area contributed by atoms with Crippen molar-refractivity contribution in [2.45, 2.75) is 18.9 Å². The molecule has 1 unspecified atom stereocenters. The molecule has 1 aliphatic carbocycles. The number of rotatable bonds is 2. The SMILES string of the molecule is CN(P)[C@H]1CCc2c(C(=N)NO)cccc21. The molecule has 2 atom stereocenters. The average molecular weight is 237 g/mol. The van der Waals surface area contributed by atoms with Crippen LogP contribution in [0.3, 0.4) is 0 Å². The van der Waals surface area contributed by atoms with Gasteiger partial charge in [-0.3, -0.25) is 20.8 Å². The van der Waals surface area contributed by atoms with Crippen LogP contribution in [0.4, 0.5) is 0 Å². The summed E-state index contributed by atoms with van der Waals surface area (Å²) in [7, 11) is 4.72. The fourth-order valence-corrected chi connectivity index (χ4v) is 2.66. The lowest BCUT2D eigenvalue weighted by molar-refractivity contribution is 0.234. The van der Waals surface area contributed by atoms with Gasteiger partial charge in [0.05, 0.1) is 0 Å². The normalized spacial score (nSPS) is 18.6. The molecule has 0 fully saturated rings. The molecule has 16 heavy (non-hydrogen) atoms. The Bertz CT molecular complexity index is 420. The van der Waals surface area contributed by atoms with Crippen LogP contribution in [0.1, 0.15) is 29.2 Å². The van der Waals surface area contributed by atoms with Gasteiger partial charge < -0.3 is 0 Å². The zero-order chi connectivity index (χ0) is 11.7. The van der Waals surface area contributed by atoms with Gasteiger partial charge in [-0.2, -0.15) is 0 Å². The van der Waals surface area contributed by atoms with Crippen molar-refractivity contribution in [2.75, 3.05) is 7.05 Å². The van der Waals surface area contributed by atoms with Gasteiger partial charge in [-0.15, -0.1) is 0 Å². The maximum atomic E-state index is 8.81. The van der Waals surface area contributed by atoms with Crippen molar-refractivity contribution in [3.63, 3.8) is 0 Å². The summed E-state index contributed by atoms with van der Waals surface area (Å²) in [6.07, 6.45) is 2.02. The fraction of sp³-hybridized carbons (Fsp3) is 0.364. The summed E-state index contributed by atoms with van der Waals surface area (Å²) in [5, 5.41) is 16.4. The minimum absolute atomic E-state index is 0.0731. The van der Waals surface area contributed by atoms with Crippen LogP contribution < -0.4 is 5.48 Å². The monoisotopic (exact) mass is 237 g/mol. The number of benzene rings is 1. The van der Waals surface area contributed by atoms with Crippen LogP contribution in [0.15, 0.2) is 18.2 Å². The van der Waals surface area contributed by atoms with Gasteiger partial charge in [-0.05, 0) is 31.0 Å². The molecule has 0 heterocycles. The lowest BCUT2D eigenvalue weighted by atomic mass is 10.0. The molecule has 0 aromatic heterocycles. The predicted octanol–water partition coefficient (Wildman–Crippen LogP) is 1.70. The second-order valence-corrected chi connectivity index (χ2v) is 4.89. The highest BCUT2D eigenvalue weighted by Gasteiger charge is 2.26. The molecule has 0 aliphatic heterocycles. The highest BCUT2D eigenvalue weighted by molar-refractivity contribution is 7.13. The summed E-state index contributed by atoms with van der Waals surface area (Å²) in [5.41, 5.74) is 5.15. The minimum Gasteiger partial charge on any atom is -0.290 e. The highest BCUT2D eigenvalue weighted by Crippen LogP contribution is 2.37. The van der Waals surface area contributed by atoms with Gasteiger partial charge in [0.25, 0.3) is 0 Å². The Hall–Kier alpha value is -0.960. The third-order valence-electron chi connectivity index (χ3n) is 3.11. The van der Waals surface area contributed by atoms with Crippen molar-refractivity contribution in [3.05, 3.63) is 34.9 Å². The number of fused-ring (bicyclic) bond motifs is 1. The van der Waals surface area contributed by atoms with E-state index < -0.39 is 0 Å². The maximum absolute atomic E-state index is 8.81. The molecule has 3 N–H and O–H groups in total. The molecular formula is C11H16N3OP. The second kappa shape index (κ2) is 4.50. The van der Waals surface area contributed by atoms with Crippen LogP contribution in [0.25, 0.3) is 0 Å². The molecule has 0 amide bonds. The van der Waals surface area contributed by atoms with E-state index in [2.05, 4.69) is 20.1 Å². The Morgan fingerprint density at radius 3 is 3.00 bits per heavy atom. The molecule has 2 rings (SSSR count). The van der Waals surface area contributed by atoms with Crippen LogP contribution in [-0.2, 0) is 6.42 Å². The van der Waals surface area contributed by atoms with Crippen molar-refractivity contribution < 1.29 is 5.21 Å². The van der Waals surface area contributed by atoms with E-state index in [1.165, 1.54) is 11.1 Å². The number of nitrogens with one attached hydrogen (secondary N) is 2. The second-order valence-electron chi connectivity index (χ2n) is 4.08. The maximum Gasteiger partial charge on any atom is 0.149 e. The van der Waals surface area contributed by atoms with E-state index in [0.717, 1.165) is 18.4 Å². The number of nitrogens with zero attached hydrogens (tertiary/aromatic N) is 1. The first kappa shape index (κ1) is 11.5. The van der Waals surface area contributed by atoms with Gasteiger partial charge in [0.1, 0.15) is 5.84 Å². The molecule has 1 aromatic rings. The van der Waals surface area contributed by atoms with Gasteiger partial charge in [0.15, 0.2) is 0 Å². The summed E-state index contributed by atoms with van der Waals surface area (Å²) < 4.78 is 2.12. The Morgan fingerprint density at radius 1 is 1.62 bits per heavy atom. The fourth-order valence-electron chi connectivity index (χ4n) is 2.35. The molecule has 0 radical (unpaired) electrons. The van der Waals surface area contributed by atoms with Crippen LogP contribution >= 0.6 is 9.39 Å². The quantitative estimate of drug-likeness (QED) is 0.317. The Balaban J connectivity index is 2.44. The summed E-state index contributed by atoms with van der Waals surface area (Å²) in [6, 6.07) is 6.30. The summed E-state index contributed by atoms with van der Waals surface area (Å²) in [6.45, 7) is 0. The van der Waals surface area contributed by atoms with E-state index in [1.807, 2.05) is 24.7 Å². The zero-order valence-electron chi connectivity index (χ0n) is 9.20. The molecule has 4 nitrogen and oxygen atoms in total. The Kier molecular flexibility index (Phi) is 3.24. The minimum atomic E-state index is 0.0731. The first-order valence-electron chi connectivity index (χ1n) is 5.23. The van der Waals surface area contributed by atoms with Gasteiger partial charge in [-0.25, -0.2) is 0 Å². The van der Waals surface area contributed by atoms with Crippen molar-refractivity contribution >= 4 is 15.2 Å². The van der Waals surface area contributed by atoms with Crippen LogP contribution in [-0.4, -0.2) is 22.8 Å². The van der Waals surface area contributed by atoms with E-state index in [1.54, 1.807) is 0 Å². The van der Waals surface area contributed by atoms with Gasteiger partial charge >= 0.3 is 0 Å². The molecule has 0 saturated carbocycles. The predicted molar refractivity (Wildman–Crippen MR) is 66.7 cm³/mol. The largest absolute Gasteiger partial charge is 0.290 e. The molecule has 0 bridgehead atoms. The van der Waals surface area contributed by atoms with Gasteiger partial charge in [0, 0.05) is 11.6 Å². The third-order valence-corrected chi connectivity index (χ3v) is 3.47. The number of hydroxylamine groups is 1. The zero-order valence-corrected chi connectivity index (χ0v) is 10.4. The molecule has 1 aromatic carbocycles. The summed E-state index contributed by atoms with van der Waals surface area (Å²) in [5.74, 6) is 0.0731. The van der Waals surface area contributed by atoms with Crippen LogP contribution in [0.5, 0.6) is 0 Å². The smallest absolute Gasteiger partial charge is 0.149 e. The first-order valence-corrected chi connectivity index (χ1v) is 5.75. The van der Waals surface area contributed by atoms with E-state index in [9.17, 15) is 0 Å². The summed E-state index contributed by atoms with van der Waals surface area (Å²) in [4.78, 5) is 0. The molecule has 0 saturated heterocycles. The van der Waals surface area contributed by atoms with Gasteiger partial charge in [0.2, 0.25) is 0 Å². The Morgan fingerprint density at radius 2 is 2.38 bits per heavy atom. The first-order chi connectivity index (χ1) is 7.65. The molecule has 86 valence electrons. The summed E-state index contributed by atoms with van der Waals surface area (Å²) >= 11 is 0. The average Bonchev–Trinajstić information content (AvgIpc) is 2.71. The molecule has 5 heteroatoms. The molecule has 0 spiro atoms. The third kappa shape index (κ3) is 1.84. The van der Waals surface area contributed by atoms with E-state index in [4.69, 9.17) is 10.6 Å². The topological polar surface area (TPSA) is 59.4 Å². The van der Waals surface area contributed by atoms with Crippen LogP contribution in [0, 0.1) is 5.41 Å².